The number of benzene rings is 2. The maximum Gasteiger partial charge on any atom is 0.234 e. The lowest BCUT2D eigenvalue weighted by molar-refractivity contribution is -0.113. The van der Waals surface area contributed by atoms with Crippen molar-refractivity contribution in [2.45, 2.75) is 25.5 Å². The van der Waals surface area contributed by atoms with Crippen LogP contribution in [0.25, 0.3) is 0 Å². The minimum absolute atomic E-state index is 0.135. The summed E-state index contributed by atoms with van der Waals surface area (Å²) < 4.78 is 18.8. The van der Waals surface area contributed by atoms with E-state index in [0.717, 1.165) is 24.6 Å². The Kier molecular flexibility index (Phi) is 8.85. The number of aromatic nitrogens is 3. The maximum atomic E-state index is 12.8. The van der Waals surface area contributed by atoms with E-state index in [1.165, 1.54) is 11.8 Å². The molecule has 35 heavy (non-hydrogen) atoms. The van der Waals surface area contributed by atoms with Gasteiger partial charge in [-0.05, 0) is 31.5 Å². The average Bonchev–Trinajstić information content (AvgIpc) is 3.28. The third kappa shape index (κ3) is 6.67. The van der Waals surface area contributed by atoms with Gasteiger partial charge >= 0.3 is 0 Å². The van der Waals surface area contributed by atoms with Crippen molar-refractivity contribution in [3.05, 3.63) is 54.1 Å². The molecule has 0 bridgehead atoms. The van der Waals surface area contributed by atoms with E-state index >= 15 is 0 Å². The topological polar surface area (TPSA) is 90.7 Å². The third-order valence-electron chi connectivity index (χ3n) is 5.33. The Bertz CT molecular complexity index is 1100. The fourth-order valence-electron chi connectivity index (χ4n) is 3.75. The third-order valence-corrected chi connectivity index (χ3v) is 6.30. The second-order valence-electron chi connectivity index (χ2n) is 7.82. The number of hydrogen-bond acceptors (Lipinski definition) is 8. The molecule has 2 heterocycles. The average molecular weight is 498 g/mol. The molecular formula is C25H31N5O4S. The lowest BCUT2D eigenvalue weighted by atomic mass is 10.2. The van der Waals surface area contributed by atoms with Crippen LogP contribution in [0.4, 0.5) is 11.6 Å². The first kappa shape index (κ1) is 24.9. The molecular weight excluding hydrogens is 466 g/mol. The van der Waals surface area contributed by atoms with E-state index in [0.29, 0.717) is 55.3 Å². The lowest BCUT2D eigenvalue weighted by Crippen LogP contribution is -2.38. The molecule has 0 atom stereocenters. The SMILES string of the molecule is CCOc1ccc(NC(=O)CSc2nnc(N3CCOCC3)n2Cc2ccccc2)cc1OCC. The molecule has 0 unspecified atom stereocenters. The van der Waals surface area contributed by atoms with E-state index in [9.17, 15) is 4.79 Å². The fourth-order valence-corrected chi connectivity index (χ4v) is 4.48. The van der Waals surface area contributed by atoms with Crippen molar-refractivity contribution in [3.63, 3.8) is 0 Å². The highest BCUT2D eigenvalue weighted by atomic mass is 32.2. The number of nitrogens with one attached hydrogen (secondary N) is 1. The highest BCUT2D eigenvalue weighted by Crippen LogP contribution is 2.31. The summed E-state index contributed by atoms with van der Waals surface area (Å²) in [5.41, 5.74) is 1.80. The van der Waals surface area contributed by atoms with E-state index in [4.69, 9.17) is 14.2 Å². The molecule has 1 fully saturated rings. The van der Waals surface area contributed by atoms with Crippen LogP contribution in [0.5, 0.6) is 11.5 Å². The Labute approximate surface area is 209 Å². The number of anilines is 2. The van der Waals surface area contributed by atoms with Crippen molar-refractivity contribution in [3.8, 4) is 11.5 Å². The Morgan fingerprint density at radius 1 is 1.03 bits per heavy atom. The molecule has 9 nitrogen and oxygen atoms in total. The zero-order chi connectivity index (χ0) is 24.5. The summed E-state index contributed by atoms with van der Waals surface area (Å²) in [5.74, 6) is 2.13. The minimum atomic E-state index is -0.135. The molecule has 1 N–H and O–H groups in total. The molecule has 0 aliphatic carbocycles. The molecule has 1 aliphatic rings. The second-order valence-corrected chi connectivity index (χ2v) is 8.76. The number of nitrogens with zero attached hydrogens (tertiary/aromatic N) is 4. The van der Waals surface area contributed by atoms with Crippen LogP contribution >= 0.6 is 11.8 Å². The van der Waals surface area contributed by atoms with Crippen LogP contribution in [0.1, 0.15) is 19.4 Å². The summed E-state index contributed by atoms with van der Waals surface area (Å²) in [7, 11) is 0. The van der Waals surface area contributed by atoms with Gasteiger partial charge in [0.2, 0.25) is 11.9 Å². The van der Waals surface area contributed by atoms with Crippen LogP contribution in [-0.4, -0.2) is 65.9 Å². The Hall–Kier alpha value is -3.24. The van der Waals surface area contributed by atoms with Gasteiger partial charge in [0.1, 0.15) is 0 Å². The van der Waals surface area contributed by atoms with Gasteiger partial charge in [-0.3, -0.25) is 9.36 Å². The van der Waals surface area contributed by atoms with Gasteiger partial charge in [-0.2, -0.15) is 0 Å². The number of thioether (sulfide) groups is 1. The molecule has 1 aliphatic heterocycles. The summed E-state index contributed by atoms with van der Waals surface area (Å²) in [6.07, 6.45) is 0. The summed E-state index contributed by atoms with van der Waals surface area (Å²) in [4.78, 5) is 14.9. The molecule has 186 valence electrons. The van der Waals surface area contributed by atoms with Crippen LogP contribution < -0.4 is 19.7 Å². The van der Waals surface area contributed by atoms with E-state index in [1.807, 2.05) is 44.2 Å². The zero-order valence-electron chi connectivity index (χ0n) is 20.1. The maximum absolute atomic E-state index is 12.8. The van der Waals surface area contributed by atoms with Crippen LogP contribution in [0, 0.1) is 0 Å². The van der Waals surface area contributed by atoms with Crippen molar-refractivity contribution >= 4 is 29.3 Å². The summed E-state index contributed by atoms with van der Waals surface area (Å²) in [6.45, 7) is 8.35. The van der Waals surface area contributed by atoms with Crippen LogP contribution in [0.3, 0.4) is 0 Å². The summed E-state index contributed by atoms with van der Waals surface area (Å²) >= 11 is 1.37. The number of carbonyl (C=O) groups excluding carboxylic acids is 1. The van der Waals surface area contributed by atoms with Gasteiger partial charge in [0.05, 0.1) is 38.7 Å². The quantitative estimate of drug-likeness (QED) is 0.401. The van der Waals surface area contributed by atoms with E-state index in [2.05, 4.69) is 37.1 Å². The fraction of sp³-hybridized carbons (Fsp3) is 0.400. The molecule has 1 amide bonds. The molecule has 0 spiro atoms. The second kappa shape index (κ2) is 12.5. The highest BCUT2D eigenvalue weighted by Gasteiger charge is 2.21. The normalized spacial score (nSPS) is 13.5. The van der Waals surface area contributed by atoms with Crippen molar-refractivity contribution in [1.82, 2.24) is 14.8 Å². The van der Waals surface area contributed by atoms with E-state index in [-0.39, 0.29) is 11.7 Å². The van der Waals surface area contributed by atoms with Gasteiger partial charge < -0.3 is 24.4 Å². The minimum Gasteiger partial charge on any atom is -0.490 e. The Morgan fingerprint density at radius 3 is 2.51 bits per heavy atom. The molecule has 0 radical (unpaired) electrons. The first-order chi connectivity index (χ1) is 17.2. The molecule has 2 aromatic carbocycles. The first-order valence-electron chi connectivity index (χ1n) is 11.8. The van der Waals surface area contributed by atoms with E-state index < -0.39 is 0 Å². The molecule has 10 heteroatoms. The Morgan fingerprint density at radius 2 is 1.77 bits per heavy atom. The predicted octanol–water partition coefficient (Wildman–Crippen LogP) is 3.69. The zero-order valence-corrected chi connectivity index (χ0v) is 20.9. The van der Waals surface area contributed by atoms with Crippen LogP contribution in [-0.2, 0) is 16.1 Å². The molecule has 4 rings (SSSR count). The van der Waals surface area contributed by atoms with Gasteiger partial charge in [-0.1, -0.05) is 42.1 Å². The largest absolute Gasteiger partial charge is 0.490 e. The number of rotatable bonds is 11. The number of carbonyl (C=O) groups is 1. The van der Waals surface area contributed by atoms with Gasteiger partial charge in [-0.25, -0.2) is 0 Å². The van der Waals surface area contributed by atoms with Gasteiger partial charge in [0.15, 0.2) is 16.7 Å². The smallest absolute Gasteiger partial charge is 0.234 e. The number of morpholine rings is 1. The Balaban J connectivity index is 1.45. The predicted molar refractivity (Wildman–Crippen MR) is 137 cm³/mol. The van der Waals surface area contributed by atoms with Gasteiger partial charge in [-0.15, -0.1) is 10.2 Å². The lowest BCUT2D eigenvalue weighted by Gasteiger charge is -2.28. The van der Waals surface area contributed by atoms with Crippen molar-refractivity contribution in [2.24, 2.45) is 0 Å². The number of amides is 1. The molecule has 3 aromatic rings. The molecule has 1 saturated heterocycles. The van der Waals surface area contributed by atoms with Crippen molar-refractivity contribution in [1.29, 1.82) is 0 Å². The van der Waals surface area contributed by atoms with Crippen molar-refractivity contribution < 1.29 is 19.0 Å². The van der Waals surface area contributed by atoms with Gasteiger partial charge in [0, 0.05) is 24.8 Å². The molecule has 1 aromatic heterocycles. The van der Waals surface area contributed by atoms with Crippen molar-refractivity contribution in [2.75, 3.05) is 55.5 Å². The summed E-state index contributed by atoms with van der Waals surface area (Å²) in [5, 5.41) is 12.5. The number of hydrogen-bond donors (Lipinski definition) is 1. The summed E-state index contributed by atoms with van der Waals surface area (Å²) in [6, 6.07) is 15.6. The van der Waals surface area contributed by atoms with Crippen LogP contribution in [0.2, 0.25) is 0 Å². The van der Waals surface area contributed by atoms with Crippen LogP contribution in [0.15, 0.2) is 53.7 Å². The van der Waals surface area contributed by atoms with E-state index in [1.54, 1.807) is 6.07 Å². The molecule has 0 saturated carbocycles. The first-order valence-corrected chi connectivity index (χ1v) is 12.8. The highest BCUT2D eigenvalue weighted by molar-refractivity contribution is 7.99. The standard InChI is InChI=1S/C25H31N5O4S/c1-3-33-21-11-10-20(16-22(21)34-4-2)26-23(31)18-35-25-28-27-24(29-12-14-32-15-13-29)30(25)17-19-8-6-5-7-9-19/h5-11,16H,3-4,12-15,17-18H2,1-2H3,(H,26,31). The van der Waals surface area contributed by atoms with Gasteiger partial charge in [0.25, 0.3) is 0 Å². The monoisotopic (exact) mass is 497 g/mol. The number of ether oxygens (including phenoxy) is 3.